The highest BCUT2D eigenvalue weighted by Crippen LogP contribution is 2.27. The molecule has 0 radical (unpaired) electrons. The number of amides is 1. The minimum Gasteiger partial charge on any atom is -0.368 e. The van der Waals surface area contributed by atoms with Crippen molar-refractivity contribution in [2.45, 2.75) is 63.2 Å². The summed E-state index contributed by atoms with van der Waals surface area (Å²) < 4.78 is 35.3. The first-order valence-electron chi connectivity index (χ1n) is 11.1. The molecule has 4 N–H and O–H groups in total. The van der Waals surface area contributed by atoms with Crippen LogP contribution in [0.2, 0.25) is 0 Å². The largest absolute Gasteiger partial charge is 0.368 e. The van der Waals surface area contributed by atoms with Crippen LogP contribution in [0.5, 0.6) is 0 Å². The molecule has 0 aliphatic heterocycles. The Bertz CT molecular complexity index is 933. The quantitative estimate of drug-likeness (QED) is 0.425. The standard InChI is InChI=1S/C24H35N3O4S/c1-4-9-20(5-2)31-23(19-10-7-6-8-11-19)22(24(28)26-17-16-25)27-32(29,30)21-14-12-18(3)13-15-21/h6-8,10-15,20,22-23,27H,4-5,9,16-17,25H2,1-3H3,(H,26,28). The first kappa shape index (κ1) is 26.0. The predicted molar refractivity (Wildman–Crippen MR) is 127 cm³/mol. The molecule has 0 spiro atoms. The zero-order valence-corrected chi connectivity index (χ0v) is 19.9. The lowest BCUT2D eigenvalue weighted by Gasteiger charge is -2.31. The smallest absolute Gasteiger partial charge is 0.241 e. The molecule has 3 atom stereocenters. The van der Waals surface area contributed by atoms with Crippen LogP contribution >= 0.6 is 0 Å². The number of ether oxygens (including phenoxy) is 1. The van der Waals surface area contributed by atoms with Crippen LogP contribution in [0.3, 0.4) is 0 Å². The van der Waals surface area contributed by atoms with E-state index in [4.69, 9.17) is 10.5 Å². The van der Waals surface area contributed by atoms with E-state index in [0.29, 0.717) is 0 Å². The molecule has 176 valence electrons. The van der Waals surface area contributed by atoms with Crippen LogP contribution in [0.4, 0.5) is 0 Å². The van der Waals surface area contributed by atoms with E-state index in [1.54, 1.807) is 12.1 Å². The normalized spacial score (nSPS) is 14.5. The number of aryl methyl sites for hydroxylation is 1. The topological polar surface area (TPSA) is 111 Å². The number of sulfonamides is 1. The number of nitrogens with one attached hydrogen (secondary N) is 2. The molecule has 0 aliphatic rings. The Kier molecular flexibility index (Phi) is 10.3. The minimum atomic E-state index is -3.98. The fraction of sp³-hybridized carbons (Fsp3) is 0.458. The zero-order valence-electron chi connectivity index (χ0n) is 19.1. The summed E-state index contributed by atoms with van der Waals surface area (Å²) in [6.07, 6.45) is 1.56. The number of hydrogen-bond donors (Lipinski definition) is 3. The molecule has 1 amide bonds. The molecule has 2 aromatic rings. The zero-order chi connectivity index (χ0) is 23.6. The third-order valence-electron chi connectivity index (χ3n) is 5.18. The summed E-state index contributed by atoms with van der Waals surface area (Å²) >= 11 is 0. The van der Waals surface area contributed by atoms with Crippen molar-refractivity contribution in [3.63, 3.8) is 0 Å². The highest BCUT2D eigenvalue weighted by atomic mass is 32.2. The maximum atomic E-state index is 13.2. The van der Waals surface area contributed by atoms with Crippen molar-refractivity contribution in [2.24, 2.45) is 5.73 Å². The third-order valence-corrected chi connectivity index (χ3v) is 6.63. The van der Waals surface area contributed by atoms with Crippen molar-refractivity contribution in [3.8, 4) is 0 Å². The average Bonchev–Trinajstić information content (AvgIpc) is 2.79. The fourth-order valence-corrected chi connectivity index (χ4v) is 4.60. The molecule has 0 aromatic heterocycles. The summed E-state index contributed by atoms with van der Waals surface area (Å²) in [7, 11) is -3.98. The Morgan fingerprint density at radius 2 is 1.72 bits per heavy atom. The van der Waals surface area contributed by atoms with Gasteiger partial charge in [-0.25, -0.2) is 8.42 Å². The molecule has 7 nitrogen and oxygen atoms in total. The fourth-order valence-electron chi connectivity index (χ4n) is 3.40. The van der Waals surface area contributed by atoms with Crippen LogP contribution in [0.15, 0.2) is 59.5 Å². The van der Waals surface area contributed by atoms with Gasteiger partial charge in [0, 0.05) is 13.1 Å². The van der Waals surface area contributed by atoms with E-state index in [0.717, 1.165) is 30.4 Å². The van der Waals surface area contributed by atoms with Gasteiger partial charge in [0.05, 0.1) is 11.0 Å². The van der Waals surface area contributed by atoms with Gasteiger partial charge in [0.15, 0.2) is 0 Å². The van der Waals surface area contributed by atoms with Crippen molar-refractivity contribution >= 4 is 15.9 Å². The molecular weight excluding hydrogens is 426 g/mol. The maximum Gasteiger partial charge on any atom is 0.241 e. The maximum absolute atomic E-state index is 13.2. The number of carbonyl (C=O) groups is 1. The third kappa shape index (κ3) is 7.41. The summed E-state index contributed by atoms with van der Waals surface area (Å²) in [5.74, 6) is -0.480. The molecule has 3 unspecified atom stereocenters. The molecule has 32 heavy (non-hydrogen) atoms. The van der Waals surface area contributed by atoms with Crippen LogP contribution in [0.25, 0.3) is 0 Å². The number of rotatable bonds is 13. The molecule has 0 saturated carbocycles. The van der Waals surface area contributed by atoms with Gasteiger partial charge in [-0.2, -0.15) is 4.72 Å². The first-order valence-corrected chi connectivity index (χ1v) is 12.6. The highest BCUT2D eigenvalue weighted by molar-refractivity contribution is 7.89. The predicted octanol–water partition coefficient (Wildman–Crippen LogP) is 3.05. The summed E-state index contributed by atoms with van der Waals surface area (Å²) in [6, 6.07) is 14.6. The lowest BCUT2D eigenvalue weighted by atomic mass is 10.0. The number of benzene rings is 2. The molecule has 0 fully saturated rings. The summed E-state index contributed by atoms with van der Waals surface area (Å²) in [5, 5.41) is 2.72. The van der Waals surface area contributed by atoms with E-state index in [1.165, 1.54) is 12.1 Å². The molecular formula is C24H35N3O4S. The van der Waals surface area contributed by atoms with Gasteiger partial charge in [0.25, 0.3) is 0 Å². The molecule has 0 heterocycles. The van der Waals surface area contributed by atoms with Crippen LogP contribution < -0.4 is 15.8 Å². The Labute approximate surface area is 191 Å². The Hall–Kier alpha value is -2.26. The number of hydrogen-bond acceptors (Lipinski definition) is 5. The Morgan fingerprint density at radius 3 is 2.28 bits per heavy atom. The molecule has 2 rings (SSSR count). The van der Waals surface area contributed by atoms with Crippen molar-refractivity contribution < 1.29 is 17.9 Å². The Morgan fingerprint density at radius 1 is 1.06 bits per heavy atom. The van der Waals surface area contributed by atoms with Gasteiger partial charge in [-0.1, -0.05) is 68.3 Å². The molecule has 8 heteroatoms. The van der Waals surface area contributed by atoms with E-state index in [2.05, 4.69) is 17.0 Å². The van der Waals surface area contributed by atoms with Gasteiger partial charge in [0.2, 0.25) is 15.9 Å². The number of nitrogens with two attached hydrogens (primary N) is 1. The van der Waals surface area contributed by atoms with Gasteiger partial charge >= 0.3 is 0 Å². The van der Waals surface area contributed by atoms with Crippen molar-refractivity contribution in [3.05, 3.63) is 65.7 Å². The van der Waals surface area contributed by atoms with E-state index in [-0.39, 0.29) is 24.1 Å². The molecule has 0 aliphatic carbocycles. The average molecular weight is 462 g/mol. The molecule has 2 aromatic carbocycles. The van der Waals surface area contributed by atoms with Crippen LogP contribution in [0.1, 0.15) is 50.3 Å². The van der Waals surface area contributed by atoms with Crippen molar-refractivity contribution in [1.82, 2.24) is 10.0 Å². The molecule has 0 bridgehead atoms. The van der Waals surface area contributed by atoms with E-state index in [9.17, 15) is 13.2 Å². The lowest BCUT2D eigenvalue weighted by Crippen LogP contribution is -2.51. The van der Waals surface area contributed by atoms with E-state index >= 15 is 0 Å². The van der Waals surface area contributed by atoms with Crippen molar-refractivity contribution in [1.29, 1.82) is 0 Å². The van der Waals surface area contributed by atoms with Gasteiger partial charge < -0.3 is 15.8 Å². The highest BCUT2D eigenvalue weighted by Gasteiger charge is 2.35. The van der Waals surface area contributed by atoms with Gasteiger partial charge in [-0.05, 0) is 37.5 Å². The Balaban J connectivity index is 2.47. The lowest BCUT2D eigenvalue weighted by molar-refractivity contribution is -0.128. The van der Waals surface area contributed by atoms with Gasteiger partial charge in [-0.3, -0.25) is 4.79 Å². The summed E-state index contributed by atoms with van der Waals surface area (Å²) in [4.78, 5) is 13.2. The first-order chi connectivity index (χ1) is 15.3. The van der Waals surface area contributed by atoms with Crippen LogP contribution in [0, 0.1) is 6.92 Å². The monoisotopic (exact) mass is 461 g/mol. The SMILES string of the molecule is CCCC(CC)OC(c1ccccc1)C(NS(=O)(=O)c1ccc(C)cc1)C(=O)NCCN. The van der Waals surface area contributed by atoms with Gasteiger partial charge in [-0.15, -0.1) is 0 Å². The van der Waals surface area contributed by atoms with E-state index in [1.807, 2.05) is 44.2 Å². The van der Waals surface area contributed by atoms with Crippen molar-refractivity contribution in [2.75, 3.05) is 13.1 Å². The van der Waals surface area contributed by atoms with Gasteiger partial charge in [0.1, 0.15) is 12.1 Å². The van der Waals surface area contributed by atoms with Crippen LogP contribution in [-0.2, 0) is 19.6 Å². The minimum absolute atomic E-state index is 0.0899. The second kappa shape index (κ2) is 12.7. The second-order valence-electron chi connectivity index (χ2n) is 7.78. The second-order valence-corrected chi connectivity index (χ2v) is 9.49. The van der Waals surface area contributed by atoms with E-state index < -0.39 is 28.1 Å². The summed E-state index contributed by atoms with van der Waals surface area (Å²) in [5.41, 5.74) is 7.22. The summed E-state index contributed by atoms with van der Waals surface area (Å²) in [6.45, 7) is 6.44. The van der Waals surface area contributed by atoms with Crippen LogP contribution in [-0.4, -0.2) is 39.6 Å². The molecule has 0 saturated heterocycles. The number of carbonyl (C=O) groups excluding carboxylic acids is 1.